The average Bonchev–Trinajstić information content (AvgIpc) is 2.94. The third-order valence-corrected chi connectivity index (χ3v) is 4.84. The Morgan fingerprint density at radius 2 is 1.93 bits per heavy atom. The molecular weight excluding hydrogens is 384 g/mol. The topological polar surface area (TPSA) is 99.6 Å². The van der Waals surface area contributed by atoms with Crippen molar-refractivity contribution < 1.29 is 9.72 Å². The fourth-order valence-corrected chi connectivity index (χ4v) is 3.42. The molecule has 0 atom stereocenters. The quantitative estimate of drug-likeness (QED) is 0.258. The Morgan fingerprint density at radius 3 is 2.59 bits per heavy atom. The Balaban J connectivity index is 1.83. The fourth-order valence-electron chi connectivity index (χ4n) is 2.25. The lowest BCUT2D eigenvalue weighted by Crippen LogP contribution is -2.22. The number of para-hydroxylation sites is 1. The van der Waals surface area contributed by atoms with Gasteiger partial charge in [0, 0.05) is 6.07 Å². The van der Waals surface area contributed by atoms with Gasteiger partial charge in [-0.25, -0.2) is 0 Å². The van der Waals surface area contributed by atoms with E-state index in [0.717, 1.165) is 22.3 Å². The number of nitro benzene ring substituents is 1. The highest BCUT2D eigenvalue weighted by Crippen LogP contribution is 2.32. The van der Waals surface area contributed by atoms with Crippen molar-refractivity contribution in [3.63, 3.8) is 0 Å². The maximum atomic E-state index is 12.5. The maximum Gasteiger partial charge on any atom is 0.286 e. The van der Waals surface area contributed by atoms with E-state index in [9.17, 15) is 14.9 Å². The van der Waals surface area contributed by atoms with Crippen LogP contribution in [0.5, 0.6) is 0 Å². The molecular formula is C18H10N4O3S2. The van der Waals surface area contributed by atoms with Crippen LogP contribution in [0.4, 0.5) is 5.69 Å². The van der Waals surface area contributed by atoms with Crippen LogP contribution >= 0.6 is 24.0 Å². The van der Waals surface area contributed by atoms with Gasteiger partial charge in [0.15, 0.2) is 4.32 Å². The number of benzene rings is 2. The van der Waals surface area contributed by atoms with E-state index in [1.165, 1.54) is 18.3 Å². The summed E-state index contributed by atoms with van der Waals surface area (Å²) in [5.41, 5.74) is 1.43. The van der Waals surface area contributed by atoms with Crippen LogP contribution in [0.2, 0.25) is 0 Å². The number of carbonyl (C=O) groups excluding carboxylic acids is 1. The summed E-state index contributed by atoms with van der Waals surface area (Å²) in [5.74, 6) is -0.413. The Bertz CT molecular complexity index is 1040. The summed E-state index contributed by atoms with van der Waals surface area (Å²) >= 11 is 6.28. The van der Waals surface area contributed by atoms with Crippen LogP contribution in [0.1, 0.15) is 16.7 Å². The Labute approximate surface area is 163 Å². The normalized spacial score (nSPS) is 15.5. The number of nitriles is 1. The van der Waals surface area contributed by atoms with E-state index >= 15 is 0 Å². The molecule has 0 unspecified atom stereocenters. The molecule has 0 N–H and O–H groups in total. The first kappa shape index (κ1) is 18.4. The predicted octanol–water partition coefficient (Wildman–Crippen LogP) is 3.70. The number of nitrogens with zero attached hydrogens (tertiary/aromatic N) is 4. The molecule has 2 aromatic rings. The van der Waals surface area contributed by atoms with Crippen molar-refractivity contribution in [2.24, 2.45) is 5.10 Å². The molecule has 0 saturated carbocycles. The van der Waals surface area contributed by atoms with E-state index in [1.54, 1.807) is 42.5 Å². The van der Waals surface area contributed by atoms with Crippen molar-refractivity contribution >= 4 is 52.2 Å². The first-order valence-corrected chi connectivity index (χ1v) is 8.77. The number of hydrogen-bond acceptors (Lipinski definition) is 7. The minimum absolute atomic E-state index is 0.111. The number of hydrazone groups is 1. The molecule has 1 heterocycles. The molecule has 0 aliphatic carbocycles. The summed E-state index contributed by atoms with van der Waals surface area (Å²) in [4.78, 5) is 23.4. The minimum Gasteiger partial charge on any atom is -0.266 e. The summed E-state index contributed by atoms with van der Waals surface area (Å²) < 4.78 is 0.231. The van der Waals surface area contributed by atoms with Gasteiger partial charge in [0.05, 0.1) is 33.2 Å². The summed E-state index contributed by atoms with van der Waals surface area (Å²) in [6.45, 7) is 0. The molecule has 1 fully saturated rings. The number of thiocarbonyl (C=S) groups is 1. The van der Waals surface area contributed by atoms with Gasteiger partial charge in [-0.3, -0.25) is 14.9 Å². The second-order valence-corrected chi connectivity index (χ2v) is 6.96. The standard InChI is InChI=1S/C18H10N4O3S2/c19-10-13-7-5-12(6-8-13)9-16-17(23)21(18(26)27-16)20-11-14-3-1-2-4-15(14)22(24)25/h1-9,11H/b16-9+,20-11+. The average molecular weight is 394 g/mol. The number of amides is 1. The SMILES string of the molecule is N#Cc1ccc(/C=C2/SC(=S)N(/N=C/c3ccccc3[N+](=O)[O-])C2=O)cc1. The molecule has 2 aromatic carbocycles. The van der Waals surface area contributed by atoms with Gasteiger partial charge in [0.25, 0.3) is 11.6 Å². The molecule has 132 valence electrons. The zero-order valence-electron chi connectivity index (χ0n) is 13.6. The highest BCUT2D eigenvalue weighted by molar-refractivity contribution is 8.26. The van der Waals surface area contributed by atoms with Crippen LogP contribution in [-0.4, -0.2) is 26.4 Å². The molecule has 1 aliphatic heterocycles. The largest absolute Gasteiger partial charge is 0.286 e. The molecule has 3 rings (SSSR count). The van der Waals surface area contributed by atoms with Crippen molar-refractivity contribution in [2.75, 3.05) is 0 Å². The number of nitro groups is 1. The summed E-state index contributed by atoms with van der Waals surface area (Å²) in [6.07, 6.45) is 2.90. The van der Waals surface area contributed by atoms with E-state index in [1.807, 2.05) is 6.07 Å². The van der Waals surface area contributed by atoms with Crippen molar-refractivity contribution in [3.05, 3.63) is 80.2 Å². The van der Waals surface area contributed by atoms with Crippen molar-refractivity contribution in [2.45, 2.75) is 0 Å². The second kappa shape index (κ2) is 7.90. The first-order chi connectivity index (χ1) is 13.0. The van der Waals surface area contributed by atoms with Crippen LogP contribution in [0.3, 0.4) is 0 Å². The molecule has 0 spiro atoms. The van der Waals surface area contributed by atoms with Gasteiger partial charge >= 0.3 is 0 Å². The highest BCUT2D eigenvalue weighted by atomic mass is 32.2. The predicted molar refractivity (Wildman–Crippen MR) is 107 cm³/mol. The molecule has 1 saturated heterocycles. The van der Waals surface area contributed by atoms with Crippen LogP contribution in [0.15, 0.2) is 58.5 Å². The minimum atomic E-state index is -0.517. The lowest BCUT2D eigenvalue weighted by molar-refractivity contribution is -0.385. The van der Waals surface area contributed by atoms with E-state index in [0.29, 0.717) is 10.5 Å². The molecule has 27 heavy (non-hydrogen) atoms. The molecule has 0 bridgehead atoms. The van der Waals surface area contributed by atoms with Crippen molar-refractivity contribution in [3.8, 4) is 6.07 Å². The number of rotatable bonds is 4. The summed E-state index contributed by atoms with van der Waals surface area (Å²) in [5, 5.41) is 24.9. The second-order valence-electron chi connectivity index (χ2n) is 5.29. The van der Waals surface area contributed by atoms with E-state index < -0.39 is 10.8 Å². The van der Waals surface area contributed by atoms with Crippen LogP contribution in [0, 0.1) is 21.4 Å². The smallest absolute Gasteiger partial charge is 0.266 e. The first-order valence-electron chi connectivity index (χ1n) is 7.55. The highest BCUT2D eigenvalue weighted by Gasteiger charge is 2.32. The lowest BCUT2D eigenvalue weighted by atomic mass is 10.1. The molecule has 0 radical (unpaired) electrons. The fraction of sp³-hybridized carbons (Fsp3) is 0. The van der Waals surface area contributed by atoms with Gasteiger partial charge in [0.2, 0.25) is 0 Å². The lowest BCUT2D eigenvalue weighted by Gasteiger charge is -2.06. The zero-order valence-corrected chi connectivity index (χ0v) is 15.2. The number of carbonyl (C=O) groups is 1. The van der Waals surface area contributed by atoms with Gasteiger partial charge in [0.1, 0.15) is 0 Å². The van der Waals surface area contributed by atoms with Gasteiger partial charge < -0.3 is 0 Å². The molecule has 7 nitrogen and oxygen atoms in total. The van der Waals surface area contributed by atoms with E-state index in [-0.39, 0.29) is 15.6 Å². The monoisotopic (exact) mass is 394 g/mol. The van der Waals surface area contributed by atoms with Gasteiger partial charge in [-0.15, -0.1) is 0 Å². The van der Waals surface area contributed by atoms with Gasteiger partial charge in [-0.2, -0.15) is 15.4 Å². The van der Waals surface area contributed by atoms with Gasteiger partial charge in [-0.1, -0.05) is 36.0 Å². The molecule has 1 amide bonds. The molecule has 1 aliphatic rings. The molecule has 0 aromatic heterocycles. The Morgan fingerprint density at radius 1 is 1.22 bits per heavy atom. The van der Waals surface area contributed by atoms with Crippen molar-refractivity contribution in [1.29, 1.82) is 5.26 Å². The van der Waals surface area contributed by atoms with Gasteiger partial charge in [-0.05, 0) is 42.1 Å². The third-order valence-electron chi connectivity index (χ3n) is 3.56. The number of hydrogen-bond donors (Lipinski definition) is 0. The van der Waals surface area contributed by atoms with Crippen LogP contribution in [-0.2, 0) is 4.79 Å². The molecule has 9 heteroatoms. The Hall–Kier alpha value is -3.35. The van der Waals surface area contributed by atoms with E-state index in [2.05, 4.69) is 5.10 Å². The summed E-state index contributed by atoms with van der Waals surface area (Å²) in [7, 11) is 0. The number of thioether (sulfide) groups is 1. The zero-order chi connectivity index (χ0) is 19.4. The maximum absolute atomic E-state index is 12.5. The third kappa shape index (κ3) is 4.08. The van der Waals surface area contributed by atoms with Crippen molar-refractivity contribution in [1.82, 2.24) is 5.01 Å². The van der Waals surface area contributed by atoms with E-state index in [4.69, 9.17) is 17.5 Å². The summed E-state index contributed by atoms with van der Waals surface area (Å²) in [6, 6.07) is 14.9. The Kier molecular flexibility index (Phi) is 5.40. The van der Waals surface area contributed by atoms with Crippen LogP contribution in [0.25, 0.3) is 6.08 Å². The van der Waals surface area contributed by atoms with Crippen LogP contribution < -0.4 is 0 Å².